The minimum absolute atomic E-state index is 0.231. The van der Waals surface area contributed by atoms with Gasteiger partial charge in [-0.25, -0.2) is 0 Å². The minimum Gasteiger partial charge on any atom is -0.496 e. The molecule has 1 aromatic rings. The molecular weight excluding hydrogens is 212 g/mol. The average Bonchev–Trinajstić information content (AvgIpc) is 2.28. The van der Waals surface area contributed by atoms with E-state index in [1.807, 2.05) is 6.07 Å². The smallest absolute Gasteiger partial charge is 0.122 e. The summed E-state index contributed by atoms with van der Waals surface area (Å²) in [6, 6.07) is 6.27. The van der Waals surface area contributed by atoms with Crippen LogP contribution in [-0.4, -0.2) is 18.8 Å². The molecule has 96 valence electrons. The van der Waals surface area contributed by atoms with Crippen LogP contribution < -0.4 is 4.74 Å². The third-order valence-electron chi connectivity index (χ3n) is 3.06. The standard InChI is InChI=1S/C15H24O2/c1-11(2)9-13(7-8-16)14-10-12(3)5-6-15(14)17-4/h5-6,10-11,13,16H,7-9H2,1-4H3. The number of benzene rings is 1. The Morgan fingerprint density at radius 1 is 1.29 bits per heavy atom. The van der Waals surface area contributed by atoms with Crippen LogP contribution in [0.3, 0.4) is 0 Å². The van der Waals surface area contributed by atoms with Crippen molar-refractivity contribution in [2.45, 2.75) is 39.5 Å². The molecular formula is C15H24O2. The van der Waals surface area contributed by atoms with Crippen LogP contribution in [0.2, 0.25) is 0 Å². The highest BCUT2D eigenvalue weighted by molar-refractivity contribution is 5.39. The van der Waals surface area contributed by atoms with Gasteiger partial charge >= 0.3 is 0 Å². The van der Waals surface area contributed by atoms with E-state index in [-0.39, 0.29) is 6.61 Å². The van der Waals surface area contributed by atoms with Crippen molar-refractivity contribution >= 4 is 0 Å². The van der Waals surface area contributed by atoms with Crippen LogP contribution in [0.1, 0.15) is 43.7 Å². The number of rotatable bonds is 6. The van der Waals surface area contributed by atoms with Crippen molar-refractivity contribution in [2.75, 3.05) is 13.7 Å². The highest BCUT2D eigenvalue weighted by Crippen LogP contribution is 2.34. The largest absolute Gasteiger partial charge is 0.496 e. The molecule has 0 fully saturated rings. The number of ether oxygens (including phenoxy) is 1. The van der Waals surface area contributed by atoms with Gasteiger partial charge in [0.05, 0.1) is 7.11 Å². The van der Waals surface area contributed by atoms with Crippen LogP contribution in [0.15, 0.2) is 18.2 Å². The van der Waals surface area contributed by atoms with Gasteiger partial charge in [0.15, 0.2) is 0 Å². The first-order valence-electron chi connectivity index (χ1n) is 6.33. The fourth-order valence-corrected chi connectivity index (χ4v) is 2.30. The van der Waals surface area contributed by atoms with Crippen molar-refractivity contribution in [2.24, 2.45) is 5.92 Å². The molecule has 1 unspecified atom stereocenters. The Morgan fingerprint density at radius 2 is 2.00 bits per heavy atom. The molecule has 0 aliphatic rings. The molecule has 17 heavy (non-hydrogen) atoms. The quantitative estimate of drug-likeness (QED) is 0.819. The highest BCUT2D eigenvalue weighted by atomic mass is 16.5. The lowest BCUT2D eigenvalue weighted by molar-refractivity contribution is 0.265. The predicted molar refractivity (Wildman–Crippen MR) is 71.6 cm³/mol. The maximum atomic E-state index is 9.20. The van der Waals surface area contributed by atoms with Gasteiger partial charge in [0.1, 0.15) is 5.75 Å². The monoisotopic (exact) mass is 236 g/mol. The van der Waals surface area contributed by atoms with Gasteiger partial charge in [-0.05, 0) is 43.2 Å². The molecule has 0 saturated heterocycles. The number of methoxy groups -OCH3 is 1. The van der Waals surface area contributed by atoms with Crippen LogP contribution in [0.5, 0.6) is 5.75 Å². The normalized spacial score (nSPS) is 12.8. The van der Waals surface area contributed by atoms with Crippen LogP contribution in [-0.2, 0) is 0 Å². The Morgan fingerprint density at radius 3 is 2.53 bits per heavy atom. The van der Waals surface area contributed by atoms with Crippen LogP contribution in [0.25, 0.3) is 0 Å². The summed E-state index contributed by atoms with van der Waals surface area (Å²) in [5, 5.41) is 9.20. The molecule has 0 saturated carbocycles. The SMILES string of the molecule is COc1ccc(C)cc1C(CCO)CC(C)C. The van der Waals surface area contributed by atoms with Crippen molar-refractivity contribution in [3.05, 3.63) is 29.3 Å². The highest BCUT2D eigenvalue weighted by Gasteiger charge is 2.17. The molecule has 1 atom stereocenters. The molecule has 0 amide bonds. The fraction of sp³-hybridized carbons (Fsp3) is 0.600. The summed E-state index contributed by atoms with van der Waals surface area (Å²) in [6.07, 6.45) is 1.89. The first-order chi connectivity index (χ1) is 8.08. The van der Waals surface area contributed by atoms with Crippen molar-refractivity contribution in [3.63, 3.8) is 0 Å². The molecule has 0 aromatic heterocycles. The number of aliphatic hydroxyl groups is 1. The Bertz CT molecular complexity index is 345. The molecule has 2 heteroatoms. The lowest BCUT2D eigenvalue weighted by Gasteiger charge is -2.21. The van der Waals surface area contributed by atoms with Gasteiger partial charge in [-0.1, -0.05) is 31.5 Å². The maximum absolute atomic E-state index is 9.20. The van der Waals surface area contributed by atoms with Gasteiger partial charge in [-0.15, -0.1) is 0 Å². The van der Waals surface area contributed by atoms with Crippen molar-refractivity contribution in [1.29, 1.82) is 0 Å². The average molecular weight is 236 g/mol. The van der Waals surface area contributed by atoms with Gasteiger partial charge < -0.3 is 9.84 Å². The molecule has 0 aliphatic heterocycles. The van der Waals surface area contributed by atoms with E-state index in [0.29, 0.717) is 11.8 Å². The van der Waals surface area contributed by atoms with Crippen molar-refractivity contribution in [1.82, 2.24) is 0 Å². The molecule has 0 aliphatic carbocycles. The summed E-state index contributed by atoms with van der Waals surface area (Å²) in [7, 11) is 1.71. The van der Waals surface area contributed by atoms with E-state index in [1.54, 1.807) is 7.11 Å². The van der Waals surface area contributed by atoms with Gasteiger partial charge in [0.25, 0.3) is 0 Å². The topological polar surface area (TPSA) is 29.5 Å². The van der Waals surface area contributed by atoms with E-state index in [1.165, 1.54) is 11.1 Å². The summed E-state index contributed by atoms with van der Waals surface area (Å²) in [4.78, 5) is 0. The second kappa shape index (κ2) is 6.65. The first kappa shape index (κ1) is 14.0. The van der Waals surface area contributed by atoms with E-state index in [0.717, 1.165) is 18.6 Å². The minimum atomic E-state index is 0.231. The molecule has 1 rings (SSSR count). The summed E-state index contributed by atoms with van der Waals surface area (Å²) >= 11 is 0. The Labute approximate surface area is 105 Å². The van der Waals surface area contributed by atoms with E-state index in [4.69, 9.17) is 4.74 Å². The zero-order valence-corrected chi connectivity index (χ0v) is 11.4. The van der Waals surface area contributed by atoms with Crippen molar-refractivity contribution < 1.29 is 9.84 Å². The zero-order valence-electron chi connectivity index (χ0n) is 11.4. The second-order valence-corrected chi connectivity index (χ2v) is 5.08. The molecule has 0 radical (unpaired) electrons. The number of aliphatic hydroxyl groups excluding tert-OH is 1. The Kier molecular flexibility index (Phi) is 5.49. The van der Waals surface area contributed by atoms with Gasteiger partial charge in [-0.3, -0.25) is 0 Å². The third kappa shape index (κ3) is 4.04. The first-order valence-corrected chi connectivity index (χ1v) is 6.33. The number of hydrogen-bond acceptors (Lipinski definition) is 2. The number of hydrogen-bond donors (Lipinski definition) is 1. The Hall–Kier alpha value is -1.02. The molecule has 2 nitrogen and oxygen atoms in total. The summed E-state index contributed by atoms with van der Waals surface area (Å²) < 4.78 is 5.43. The van der Waals surface area contributed by atoms with Gasteiger partial charge in [0.2, 0.25) is 0 Å². The lowest BCUT2D eigenvalue weighted by Crippen LogP contribution is -2.07. The van der Waals surface area contributed by atoms with Crippen molar-refractivity contribution in [3.8, 4) is 5.75 Å². The maximum Gasteiger partial charge on any atom is 0.122 e. The third-order valence-corrected chi connectivity index (χ3v) is 3.06. The van der Waals surface area contributed by atoms with Crippen LogP contribution >= 0.6 is 0 Å². The van der Waals surface area contributed by atoms with Crippen LogP contribution in [0, 0.1) is 12.8 Å². The molecule has 1 N–H and O–H groups in total. The van der Waals surface area contributed by atoms with E-state index in [9.17, 15) is 5.11 Å². The number of aryl methyl sites for hydroxylation is 1. The summed E-state index contributed by atoms with van der Waals surface area (Å²) in [5.74, 6) is 1.95. The van der Waals surface area contributed by atoms with Crippen LogP contribution in [0.4, 0.5) is 0 Å². The molecule has 0 spiro atoms. The second-order valence-electron chi connectivity index (χ2n) is 5.08. The van der Waals surface area contributed by atoms with Gasteiger partial charge in [-0.2, -0.15) is 0 Å². The summed E-state index contributed by atoms with van der Waals surface area (Å²) in [5.41, 5.74) is 2.47. The molecule has 1 aromatic carbocycles. The fourth-order valence-electron chi connectivity index (χ4n) is 2.30. The zero-order chi connectivity index (χ0) is 12.8. The van der Waals surface area contributed by atoms with Gasteiger partial charge in [0, 0.05) is 6.61 Å². The molecule has 0 bridgehead atoms. The predicted octanol–water partition coefficient (Wildman–Crippen LogP) is 3.52. The van der Waals surface area contributed by atoms with E-state index < -0.39 is 0 Å². The lowest BCUT2D eigenvalue weighted by atomic mass is 9.87. The van der Waals surface area contributed by atoms with E-state index in [2.05, 4.69) is 32.9 Å². The Balaban J connectivity index is 3.02. The van der Waals surface area contributed by atoms with E-state index >= 15 is 0 Å². The summed E-state index contributed by atoms with van der Waals surface area (Å²) in [6.45, 7) is 6.75. The molecule has 0 heterocycles.